The number of amides is 2. The molecular formula is C19H23N5O3. The maximum Gasteiger partial charge on any atom is 0.270 e. The number of hydrogen-bond acceptors (Lipinski definition) is 6. The third-order valence-corrected chi connectivity index (χ3v) is 5.92. The van der Waals surface area contributed by atoms with E-state index in [-0.39, 0.29) is 17.9 Å². The first-order chi connectivity index (χ1) is 13.1. The van der Waals surface area contributed by atoms with Crippen LogP contribution >= 0.6 is 0 Å². The van der Waals surface area contributed by atoms with Crippen molar-refractivity contribution in [2.24, 2.45) is 0 Å². The highest BCUT2D eigenvalue weighted by Gasteiger charge is 2.39. The van der Waals surface area contributed by atoms with E-state index in [1.807, 2.05) is 18.0 Å². The number of piperazine rings is 1. The molecule has 2 bridgehead atoms. The molecule has 0 saturated carbocycles. The van der Waals surface area contributed by atoms with Gasteiger partial charge in [0.2, 0.25) is 11.8 Å². The van der Waals surface area contributed by atoms with Gasteiger partial charge in [0.1, 0.15) is 11.3 Å². The molecule has 8 nitrogen and oxygen atoms in total. The molecule has 8 heteroatoms. The molecule has 3 fully saturated rings. The van der Waals surface area contributed by atoms with E-state index in [2.05, 4.69) is 15.6 Å². The number of anilines is 1. The van der Waals surface area contributed by atoms with E-state index in [1.54, 1.807) is 17.2 Å². The van der Waals surface area contributed by atoms with Crippen LogP contribution in [0.4, 0.5) is 5.88 Å². The molecule has 5 rings (SSSR count). The van der Waals surface area contributed by atoms with E-state index in [9.17, 15) is 9.59 Å². The van der Waals surface area contributed by atoms with Crippen molar-refractivity contribution < 1.29 is 14.0 Å². The van der Waals surface area contributed by atoms with Crippen LogP contribution in [0.25, 0.3) is 11.0 Å². The van der Waals surface area contributed by atoms with Crippen LogP contribution in [0.5, 0.6) is 0 Å². The standard InChI is InChI=1S/C19H23N5O3/c1-23-4-5-24(17(25)10-23)18-6-11-9-20-15(8-16(11)27-18)19(26)22-14-7-12-2-3-13(14)21-12/h6,8-9,12-14,21H,2-5,7,10H2,1H3,(H,22,26)/t12-,13+,14-/m1/s1. The molecule has 3 aliphatic heterocycles. The zero-order chi connectivity index (χ0) is 18.5. The highest BCUT2D eigenvalue weighted by atomic mass is 16.4. The van der Waals surface area contributed by atoms with Gasteiger partial charge in [0.05, 0.1) is 6.54 Å². The van der Waals surface area contributed by atoms with Crippen molar-refractivity contribution in [3.8, 4) is 0 Å². The van der Waals surface area contributed by atoms with Gasteiger partial charge in [0, 0.05) is 54.9 Å². The number of rotatable bonds is 3. The maximum absolute atomic E-state index is 12.6. The average molecular weight is 369 g/mol. The SMILES string of the molecule is CN1CCN(c2cc3cnc(C(=O)N[C@@H]4C[C@H]5CC[C@@H]4N5)cc3o2)C(=O)C1. The second-order valence-electron chi connectivity index (χ2n) is 7.84. The van der Waals surface area contributed by atoms with Crippen LogP contribution in [0.1, 0.15) is 29.8 Å². The molecular weight excluding hydrogens is 346 g/mol. The number of likely N-dealkylation sites (N-methyl/N-ethyl adjacent to an activating group) is 1. The van der Waals surface area contributed by atoms with Gasteiger partial charge in [-0.2, -0.15) is 0 Å². The molecule has 3 aliphatic rings. The Morgan fingerprint density at radius 2 is 2.22 bits per heavy atom. The fourth-order valence-corrected chi connectivity index (χ4v) is 4.43. The second kappa shape index (κ2) is 6.31. The Bertz CT molecular complexity index is 910. The van der Waals surface area contributed by atoms with Gasteiger partial charge in [-0.05, 0) is 26.3 Å². The Balaban J connectivity index is 1.34. The van der Waals surface area contributed by atoms with Gasteiger partial charge in [-0.3, -0.25) is 24.4 Å². The largest absolute Gasteiger partial charge is 0.440 e. The maximum atomic E-state index is 12.6. The van der Waals surface area contributed by atoms with Gasteiger partial charge in [0.25, 0.3) is 5.91 Å². The summed E-state index contributed by atoms with van der Waals surface area (Å²) in [6.07, 6.45) is 4.93. The van der Waals surface area contributed by atoms with Crippen molar-refractivity contribution in [3.63, 3.8) is 0 Å². The lowest BCUT2D eigenvalue weighted by atomic mass is 9.95. The smallest absolute Gasteiger partial charge is 0.270 e. The Labute approximate surface area is 156 Å². The molecule has 142 valence electrons. The van der Waals surface area contributed by atoms with Gasteiger partial charge in [-0.15, -0.1) is 0 Å². The molecule has 27 heavy (non-hydrogen) atoms. The molecule has 2 N–H and O–H groups in total. The number of aromatic nitrogens is 1. The van der Waals surface area contributed by atoms with Gasteiger partial charge in [-0.25, -0.2) is 0 Å². The summed E-state index contributed by atoms with van der Waals surface area (Å²) < 4.78 is 5.88. The molecule has 5 heterocycles. The number of carbonyl (C=O) groups excluding carboxylic acids is 2. The molecule has 0 aliphatic carbocycles. The van der Waals surface area contributed by atoms with Crippen molar-refractivity contribution in [1.29, 1.82) is 0 Å². The number of furan rings is 1. The van der Waals surface area contributed by atoms with E-state index < -0.39 is 0 Å². The molecule has 2 aromatic heterocycles. The summed E-state index contributed by atoms with van der Waals surface area (Å²) in [6.45, 7) is 1.76. The van der Waals surface area contributed by atoms with Crippen LogP contribution in [0.15, 0.2) is 22.7 Å². The number of nitrogens with one attached hydrogen (secondary N) is 2. The zero-order valence-corrected chi connectivity index (χ0v) is 15.3. The van der Waals surface area contributed by atoms with Crippen molar-refractivity contribution in [3.05, 3.63) is 24.0 Å². The first-order valence-corrected chi connectivity index (χ1v) is 9.52. The monoisotopic (exact) mass is 369 g/mol. The van der Waals surface area contributed by atoms with Crippen LogP contribution in [0, 0.1) is 0 Å². The third kappa shape index (κ3) is 2.98. The van der Waals surface area contributed by atoms with Crippen LogP contribution < -0.4 is 15.5 Å². The Hall–Kier alpha value is -2.45. The summed E-state index contributed by atoms with van der Waals surface area (Å²) in [7, 11) is 1.92. The summed E-state index contributed by atoms with van der Waals surface area (Å²) in [4.78, 5) is 32.8. The minimum atomic E-state index is -0.176. The van der Waals surface area contributed by atoms with Gasteiger partial charge in [-0.1, -0.05) is 0 Å². The normalized spacial score (nSPS) is 28.3. The Kier molecular flexibility index (Phi) is 3.91. The third-order valence-electron chi connectivity index (χ3n) is 5.92. The van der Waals surface area contributed by atoms with E-state index >= 15 is 0 Å². The number of hydrogen-bond donors (Lipinski definition) is 2. The lowest BCUT2D eigenvalue weighted by Crippen LogP contribution is -2.48. The average Bonchev–Trinajstić information content (AvgIpc) is 3.35. The molecule has 0 unspecified atom stereocenters. The number of nitrogens with zero attached hydrogens (tertiary/aromatic N) is 3. The van der Waals surface area contributed by atoms with Crippen molar-refractivity contribution in [2.45, 2.75) is 37.4 Å². The summed E-state index contributed by atoms with van der Waals surface area (Å²) >= 11 is 0. The Morgan fingerprint density at radius 1 is 1.33 bits per heavy atom. The van der Waals surface area contributed by atoms with Gasteiger partial charge < -0.3 is 15.1 Å². The summed E-state index contributed by atoms with van der Waals surface area (Å²) in [6, 6.07) is 4.55. The topological polar surface area (TPSA) is 90.7 Å². The molecule has 3 saturated heterocycles. The molecule has 3 atom stereocenters. The highest BCUT2D eigenvalue weighted by molar-refractivity contribution is 5.98. The van der Waals surface area contributed by atoms with Crippen molar-refractivity contribution in [1.82, 2.24) is 20.5 Å². The van der Waals surface area contributed by atoms with Gasteiger partial charge >= 0.3 is 0 Å². The van der Waals surface area contributed by atoms with Crippen LogP contribution in [-0.4, -0.2) is 66.5 Å². The van der Waals surface area contributed by atoms with E-state index in [1.165, 1.54) is 6.42 Å². The number of fused-ring (bicyclic) bond motifs is 3. The van der Waals surface area contributed by atoms with E-state index in [0.29, 0.717) is 42.3 Å². The first kappa shape index (κ1) is 16.7. The van der Waals surface area contributed by atoms with E-state index in [4.69, 9.17) is 4.42 Å². The second-order valence-corrected chi connectivity index (χ2v) is 7.84. The quantitative estimate of drug-likeness (QED) is 0.829. The minimum Gasteiger partial charge on any atom is -0.440 e. The molecule has 2 amide bonds. The first-order valence-electron chi connectivity index (χ1n) is 9.52. The minimum absolute atomic E-state index is 0.0116. The van der Waals surface area contributed by atoms with Crippen LogP contribution in [0.3, 0.4) is 0 Å². The molecule has 2 aromatic rings. The summed E-state index contributed by atoms with van der Waals surface area (Å²) in [5.41, 5.74) is 0.916. The number of carbonyl (C=O) groups is 2. The van der Waals surface area contributed by atoms with Crippen LogP contribution in [-0.2, 0) is 4.79 Å². The number of pyridine rings is 1. The lowest BCUT2D eigenvalue weighted by Gasteiger charge is -2.30. The Morgan fingerprint density at radius 3 is 2.96 bits per heavy atom. The fraction of sp³-hybridized carbons (Fsp3) is 0.526. The van der Waals surface area contributed by atoms with Crippen molar-refractivity contribution >= 4 is 28.7 Å². The van der Waals surface area contributed by atoms with E-state index in [0.717, 1.165) is 24.8 Å². The molecule has 0 spiro atoms. The lowest BCUT2D eigenvalue weighted by molar-refractivity contribution is -0.121. The van der Waals surface area contributed by atoms with Gasteiger partial charge in [0.15, 0.2) is 0 Å². The predicted octanol–water partition coefficient (Wildman–Crippen LogP) is 0.729. The zero-order valence-electron chi connectivity index (χ0n) is 15.3. The summed E-state index contributed by atoms with van der Waals surface area (Å²) in [5, 5.41) is 7.40. The fourth-order valence-electron chi connectivity index (χ4n) is 4.43. The predicted molar refractivity (Wildman–Crippen MR) is 99.7 cm³/mol. The summed E-state index contributed by atoms with van der Waals surface area (Å²) in [5.74, 6) is 0.349. The van der Waals surface area contributed by atoms with Crippen LogP contribution in [0.2, 0.25) is 0 Å². The molecule has 0 aromatic carbocycles. The van der Waals surface area contributed by atoms with Crippen molar-refractivity contribution in [2.75, 3.05) is 31.6 Å². The molecule has 0 radical (unpaired) electrons. The highest BCUT2D eigenvalue weighted by Crippen LogP contribution is 2.29.